The van der Waals surface area contributed by atoms with Gasteiger partial charge in [-0.3, -0.25) is 0 Å². The SMILES string of the molecule is COc1ccc(-c2nccs2)nc1Nc1ccc(N2CCCN(C)CC2)cn1.Cl.Cl.Cl.Cl. The van der Waals surface area contributed by atoms with Crippen LogP contribution in [0.4, 0.5) is 17.3 Å². The van der Waals surface area contributed by atoms with Crippen LogP contribution in [0.25, 0.3) is 10.7 Å². The van der Waals surface area contributed by atoms with Crippen LogP contribution in [0.3, 0.4) is 0 Å². The summed E-state index contributed by atoms with van der Waals surface area (Å²) in [4.78, 5) is 18.4. The predicted molar refractivity (Wildman–Crippen MR) is 143 cm³/mol. The van der Waals surface area contributed by atoms with Crippen LogP contribution in [0.2, 0.25) is 0 Å². The van der Waals surface area contributed by atoms with E-state index in [2.05, 4.69) is 43.2 Å². The fourth-order valence-electron chi connectivity index (χ4n) is 3.24. The lowest BCUT2D eigenvalue weighted by atomic mass is 10.3. The third-order valence-electron chi connectivity index (χ3n) is 4.81. The molecule has 3 aromatic rings. The van der Waals surface area contributed by atoms with E-state index in [0.717, 1.165) is 48.4 Å². The summed E-state index contributed by atoms with van der Waals surface area (Å²) in [7, 11) is 3.81. The van der Waals surface area contributed by atoms with E-state index in [0.29, 0.717) is 11.6 Å². The average Bonchev–Trinajstić information content (AvgIpc) is 3.17. The Balaban J connectivity index is 0.00000240. The second-order valence-corrected chi connectivity index (χ2v) is 7.65. The van der Waals surface area contributed by atoms with Gasteiger partial charge in [0.25, 0.3) is 0 Å². The van der Waals surface area contributed by atoms with Crippen LogP contribution >= 0.6 is 61.0 Å². The second-order valence-electron chi connectivity index (χ2n) is 6.76. The highest BCUT2D eigenvalue weighted by molar-refractivity contribution is 7.13. The molecule has 0 saturated carbocycles. The van der Waals surface area contributed by atoms with Crippen LogP contribution in [-0.4, -0.2) is 60.2 Å². The fourth-order valence-corrected chi connectivity index (χ4v) is 3.85. The van der Waals surface area contributed by atoms with Crippen molar-refractivity contribution in [2.75, 3.05) is 50.6 Å². The van der Waals surface area contributed by atoms with Crippen LogP contribution in [-0.2, 0) is 0 Å². The molecule has 4 heterocycles. The summed E-state index contributed by atoms with van der Waals surface area (Å²) >= 11 is 1.56. The monoisotopic (exact) mass is 540 g/mol. The Morgan fingerprint density at radius 1 is 0.969 bits per heavy atom. The molecule has 1 aliphatic rings. The van der Waals surface area contributed by atoms with Crippen LogP contribution in [0.15, 0.2) is 42.0 Å². The maximum atomic E-state index is 5.45. The van der Waals surface area contributed by atoms with E-state index in [4.69, 9.17) is 4.74 Å². The van der Waals surface area contributed by atoms with Gasteiger partial charge in [0.2, 0.25) is 0 Å². The molecule has 32 heavy (non-hydrogen) atoms. The third-order valence-corrected chi connectivity index (χ3v) is 5.60. The summed E-state index contributed by atoms with van der Waals surface area (Å²) in [5, 5.41) is 6.09. The Hall–Kier alpha value is -1.55. The molecule has 0 atom stereocenters. The maximum absolute atomic E-state index is 5.45. The van der Waals surface area contributed by atoms with Crippen molar-refractivity contribution in [2.45, 2.75) is 6.42 Å². The number of aromatic nitrogens is 3. The van der Waals surface area contributed by atoms with Crippen molar-refractivity contribution in [1.29, 1.82) is 0 Å². The molecule has 1 N–H and O–H groups in total. The van der Waals surface area contributed by atoms with E-state index in [1.54, 1.807) is 24.6 Å². The largest absolute Gasteiger partial charge is 0.493 e. The number of thiazole rings is 1. The Morgan fingerprint density at radius 3 is 2.44 bits per heavy atom. The van der Waals surface area contributed by atoms with Crippen molar-refractivity contribution >= 4 is 78.3 Å². The molecular weight excluding hydrogens is 514 g/mol. The second kappa shape index (κ2) is 14.6. The van der Waals surface area contributed by atoms with E-state index in [1.165, 1.54) is 6.42 Å². The molecule has 3 aromatic heterocycles. The van der Waals surface area contributed by atoms with Crippen LogP contribution in [0.5, 0.6) is 5.75 Å². The van der Waals surface area contributed by atoms with Gasteiger partial charge in [0.05, 0.1) is 19.0 Å². The number of nitrogens with zero attached hydrogens (tertiary/aromatic N) is 5. The summed E-state index contributed by atoms with van der Waals surface area (Å²) in [6.45, 7) is 4.30. The molecule has 0 aromatic carbocycles. The topological polar surface area (TPSA) is 66.4 Å². The zero-order chi connectivity index (χ0) is 19.3. The molecule has 178 valence electrons. The number of likely N-dealkylation sites (N-methyl/N-ethyl adjacent to an activating group) is 1. The fraction of sp³-hybridized carbons (Fsp3) is 0.350. The summed E-state index contributed by atoms with van der Waals surface area (Å²) < 4.78 is 5.45. The van der Waals surface area contributed by atoms with Gasteiger partial charge in [-0.15, -0.1) is 61.0 Å². The smallest absolute Gasteiger partial charge is 0.175 e. The Morgan fingerprint density at radius 2 is 1.78 bits per heavy atom. The number of nitrogens with one attached hydrogen (secondary N) is 1. The Bertz CT molecular complexity index is 917. The van der Waals surface area contributed by atoms with Crippen molar-refractivity contribution in [2.24, 2.45) is 0 Å². The van der Waals surface area contributed by atoms with Gasteiger partial charge in [0.15, 0.2) is 11.6 Å². The number of hydrogen-bond acceptors (Lipinski definition) is 8. The van der Waals surface area contributed by atoms with Crippen LogP contribution in [0.1, 0.15) is 6.42 Å². The van der Waals surface area contributed by atoms with Gasteiger partial charge in [-0.1, -0.05) is 0 Å². The van der Waals surface area contributed by atoms with Gasteiger partial charge in [-0.25, -0.2) is 15.0 Å². The van der Waals surface area contributed by atoms with Gasteiger partial charge in [0.1, 0.15) is 16.5 Å². The molecule has 4 rings (SSSR count). The van der Waals surface area contributed by atoms with E-state index >= 15 is 0 Å². The summed E-state index contributed by atoms with van der Waals surface area (Å²) in [6.07, 6.45) is 4.87. The summed E-state index contributed by atoms with van der Waals surface area (Å²) in [5.74, 6) is 2.03. The number of anilines is 3. The van der Waals surface area contributed by atoms with E-state index in [9.17, 15) is 0 Å². The van der Waals surface area contributed by atoms with Crippen LogP contribution in [0, 0.1) is 0 Å². The number of rotatable bonds is 5. The third kappa shape index (κ3) is 7.50. The van der Waals surface area contributed by atoms with Gasteiger partial charge in [-0.05, 0) is 44.3 Å². The number of halogens is 4. The molecule has 0 aliphatic carbocycles. The van der Waals surface area contributed by atoms with Crippen LogP contribution < -0.4 is 15.0 Å². The van der Waals surface area contributed by atoms with Crippen molar-refractivity contribution in [3.8, 4) is 16.5 Å². The Kier molecular flexibility index (Phi) is 13.9. The van der Waals surface area contributed by atoms with Crippen molar-refractivity contribution in [3.05, 3.63) is 42.0 Å². The van der Waals surface area contributed by atoms with Gasteiger partial charge in [0, 0.05) is 31.2 Å². The van der Waals surface area contributed by atoms with Gasteiger partial charge < -0.3 is 19.9 Å². The summed E-state index contributed by atoms with van der Waals surface area (Å²) in [6, 6.07) is 7.91. The highest BCUT2D eigenvalue weighted by atomic mass is 35.5. The standard InChI is InChI=1S/C20H24N6OS.4ClH/c1-25-9-3-10-26(12-11-25)15-4-7-18(22-14-15)24-19-17(27-2)6-5-16(23-19)20-21-8-13-28-20;;;;/h4-8,13-14H,3,9-12H2,1-2H3,(H,22,23,24);4*1H. The van der Waals surface area contributed by atoms with Crippen molar-refractivity contribution in [1.82, 2.24) is 19.9 Å². The first-order valence-corrected chi connectivity index (χ1v) is 10.2. The lowest BCUT2D eigenvalue weighted by Gasteiger charge is -2.22. The number of hydrogen-bond donors (Lipinski definition) is 1. The molecular formula is C20H28Cl4N6OS. The number of pyridine rings is 2. The van der Waals surface area contributed by atoms with E-state index in [1.807, 2.05) is 29.8 Å². The average molecular weight is 542 g/mol. The minimum absolute atomic E-state index is 0. The van der Waals surface area contributed by atoms with Crippen molar-refractivity contribution in [3.63, 3.8) is 0 Å². The minimum atomic E-state index is 0. The molecule has 1 fully saturated rings. The first kappa shape index (κ1) is 30.4. The quantitative estimate of drug-likeness (QED) is 0.477. The zero-order valence-corrected chi connectivity index (χ0v) is 21.8. The normalized spacial score (nSPS) is 13.4. The highest BCUT2D eigenvalue weighted by Gasteiger charge is 2.14. The molecule has 0 amide bonds. The molecule has 7 nitrogen and oxygen atoms in total. The molecule has 12 heteroatoms. The molecule has 0 unspecified atom stereocenters. The summed E-state index contributed by atoms with van der Waals surface area (Å²) in [5.41, 5.74) is 1.96. The number of ether oxygens (including phenoxy) is 1. The van der Waals surface area contributed by atoms with Crippen molar-refractivity contribution < 1.29 is 4.74 Å². The molecule has 1 aliphatic heterocycles. The van der Waals surface area contributed by atoms with E-state index < -0.39 is 0 Å². The first-order chi connectivity index (χ1) is 13.7. The van der Waals surface area contributed by atoms with E-state index in [-0.39, 0.29) is 49.6 Å². The number of methoxy groups -OCH3 is 1. The lowest BCUT2D eigenvalue weighted by Crippen LogP contribution is -2.28. The lowest BCUT2D eigenvalue weighted by molar-refractivity contribution is 0.360. The first-order valence-electron chi connectivity index (χ1n) is 9.34. The molecule has 0 bridgehead atoms. The minimum Gasteiger partial charge on any atom is -0.493 e. The van der Waals surface area contributed by atoms with Gasteiger partial charge >= 0.3 is 0 Å². The zero-order valence-electron chi connectivity index (χ0n) is 17.8. The maximum Gasteiger partial charge on any atom is 0.175 e. The molecule has 0 radical (unpaired) electrons. The Labute approximate surface area is 217 Å². The van der Waals surface area contributed by atoms with Gasteiger partial charge in [-0.2, -0.15) is 0 Å². The highest BCUT2D eigenvalue weighted by Crippen LogP contribution is 2.30. The molecule has 1 saturated heterocycles. The molecule has 0 spiro atoms. The predicted octanol–water partition coefficient (Wildman–Crippen LogP) is 5.18.